The summed E-state index contributed by atoms with van der Waals surface area (Å²) in [6, 6.07) is 17.5. The average molecular weight is 387 g/mol. The number of anilines is 1. The lowest BCUT2D eigenvalue weighted by atomic mass is 10.1. The molecule has 4 rings (SSSR count). The third-order valence-electron chi connectivity index (χ3n) is 4.54. The molecule has 7 heteroatoms. The van der Waals surface area contributed by atoms with Gasteiger partial charge in [0.1, 0.15) is 11.4 Å². The minimum absolute atomic E-state index is 0.267. The van der Waals surface area contributed by atoms with Crippen LogP contribution in [0.15, 0.2) is 67.0 Å². The first kappa shape index (κ1) is 18.5. The summed E-state index contributed by atoms with van der Waals surface area (Å²) < 4.78 is 7.00. The van der Waals surface area contributed by atoms with Crippen LogP contribution in [0.4, 0.5) is 5.69 Å². The molecule has 2 aromatic carbocycles. The number of aryl methyl sites for hydroxylation is 1. The van der Waals surface area contributed by atoms with Crippen molar-refractivity contribution in [3.05, 3.63) is 83.8 Å². The minimum atomic E-state index is -0.267. The maximum absolute atomic E-state index is 12.5. The molecule has 7 nitrogen and oxygen atoms in total. The molecule has 2 N–H and O–H groups in total. The van der Waals surface area contributed by atoms with Crippen molar-refractivity contribution in [1.82, 2.24) is 20.0 Å². The summed E-state index contributed by atoms with van der Waals surface area (Å²) in [5.74, 6) is 0.531. The molecule has 29 heavy (non-hydrogen) atoms. The highest BCUT2D eigenvalue weighted by Gasteiger charge is 2.12. The second kappa shape index (κ2) is 8.02. The lowest BCUT2D eigenvalue weighted by molar-refractivity contribution is 0.102. The maximum atomic E-state index is 12.5. The maximum Gasteiger partial charge on any atom is 0.273 e. The fourth-order valence-electron chi connectivity index (χ4n) is 2.98. The van der Waals surface area contributed by atoms with Gasteiger partial charge in [0.05, 0.1) is 31.2 Å². The van der Waals surface area contributed by atoms with Crippen molar-refractivity contribution in [1.29, 1.82) is 0 Å². The van der Waals surface area contributed by atoms with E-state index in [4.69, 9.17) is 4.74 Å². The smallest absolute Gasteiger partial charge is 0.273 e. The highest BCUT2D eigenvalue weighted by atomic mass is 16.5. The van der Waals surface area contributed by atoms with E-state index in [0.717, 1.165) is 22.6 Å². The molecule has 2 aromatic heterocycles. The molecule has 0 bridgehead atoms. The van der Waals surface area contributed by atoms with Crippen molar-refractivity contribution in [2.45, 2.75) is 13.5 Å². The molecule has 0 saturated carbocycles. The number of aromatic amines is 1. The third kappa shape index (κ3) is 4.35. The summed E-state index contributed by atoms with van der Waals surface area (Å²) in [5, 5.41) is 14.2. The van der Waals surface area contributed by atoms with E-state index in [2.05, 4.69) is 20.6 Å². The Bertz CT molecular complexity index is 1130. The van der Waals surface area contributed by atoms with Crippen LogP contribution < -0.4 is 10.1 Å². The second-order valence-electron chi connectivity index (χ2n) is 6.77. The topological polar surface area (TPSA) is 84.8 Å². The van der Waals surface area contributed by atoms with Gasteiger partial charge in [0.25, 0.3) is 5.91 Å². The van der Waals surface area contributed by atoms with Crippen LogP contribution >= 0.6 is 0 Å². The summed E-state index contributed by atoms with van der Waals surface area (Å²) in [7, 11) is 1.64. The zero-order valence-electron chi connectivity index (χ0n) is 16.2. The summed E-state index contributed by atoms with van der Waals surface area (Å²) in [4.78, 5) is 12.5. The van der Waals surface area contributed by atoms with Gasteiger partial charge < -0.3 is 10.1 Å². The molecule has 0 spiro atoms. The number of carbonyl (C=O) groups excluding carboxylic acids is 1. The van der Waals surface area contributed by atoms with Crippen molar-refractivity contribution in [3.63, 3.8) is 0 Å². The molecule has 2 heterocycles. The number of hydrogen-bond acceptors (Lipinski definition) is 4. The number of rotatable bonds is 6. The van der Waals surface area contributed by atoms with Crippen LogP contribution in [0.3, 0.4) is 0 Å². The normalized spacial score (nSPS) is 10.7. The van der Waals surface area contributed by atoms with E-state index < -0.39 is 0 Å². The van der Waals surface area contributed by atoms with Crippen LogP contribution in [0.5, 0.6) is 5.75 Å². The standard InChI is InChI=1S/C22H21N5O2/c1-15-6-8-17(9-7-15)20-11-21(26-25-20)22(28)24-18-12-23-27(14-18)13-16-4-3-5-19(10-16)29-2/h3-12,14H,13H2,1-2H3,(H,24,28)(H,25,26). The number of nitrogens with zero attached hydrogens (tertiary/aromatic N) is 3. The Kier molecular flexibility index (Phi) is 5.11. The van der Waals surface area contributed by atoms with Crippen LogP contribution in [0.25, 0.3) is 11.3 Å². The molecular weight excluding hydrogens is 366 g/mol. The molecule has 0 radical (unpaired) electrons. The molecule has 4 aromatic rings. The molecule has 0 atom stereocenters. The number of ether oxygens (including phenoxy) is 1. The first-order valence-corrected chi connectivity index (χ1v) is 9.20. The van der Waals surface area contributed by atoms with Crippen molar-refractivity contribution in [2.24, 2.45) is 0 Å². The molecule has 0 fully saturated rings. The van der Waals surface area contributed by atoms with E-state index in [1.807, 2.05) is 55.5 Å². The molecule has 0 aliphatic rings. The molecule has 0 aliphatic heterocycles. The van der Waals surface area contributed by atoms with Gasteiger partial charge in [-0.2, -0.15) is 10.2 Å². The van der Waals surface area contributed by atoms with Crippen molar-refractivity contribution >= 4 is 11.6 Å². The summed E-state index contributed by atoms with van der Waals surface area (Å²) >= 11 is 0. The van der Waals surface area contributed by atoms with E-state index in [-0.39, 0.29) is 5.91 Å². The molecular formula is C22H21N5O2. The van der Waals surface area contributed by atoms with Crippen molar-refractivity contribution in [2.75, 3.05) is 12.4 Å². The zero-order valence-corrected chi connectivity index (χ0v) is 16.2. The predicted octanol–water partition coefficient (Wildman–Crippen LogP) is 3.89. The summed E-state index contributed by atoms with van der Waals surface area (Å²) in [6.07, 6.45) is 3.41. The van der Waals surface area contributed by atoms with E-state index in [1.54, 1.807) is 30.3 Å². The van der Waals surface area contributed by atoms with E-state index in [0.29, 0.717) is 17.9 Å². The predicted molar refractivity (Wildman–Crippen MR) is 111 cm³/mol. The lowest BCUT2D eigenvalue weighted by Crippen LogP contribution is -2.11. The number of carbonyl (C=O) groups is 1. The second-order valence-corrected chi connectivity index (χ2v) is 6.77. The number of aromatic nitrogens is 4. The first-order chi connectivity index (χ1) is 14.1. The van der Waals surface area contributed by atoms with Gasteiger partial charge >= 0.3 is 0 Å². The quantitative estimate of drug-likeness (QED) is 0.526. The first-order valence-electron chi connectivity index (χ1n) is 9.20. The zero-order chi connectivity index (χ0) is 20.2. The fourth-order valence-corrected chi connectivity index (χ4v) is 2.98. The van der Waals surface area contributed by atoms with E-state index in [1.165, 1.54) is 5.56 Å². The fraction of sp³-hybridized carbons (Fsp3) is 0.136. The molecule has 0 aliphatic carbocycles. The lowest BCUT2D eigenvalue weighted by Gasteiger charge is -2.04. The van der Waals surface area contributed by atoms with Gasteiger partial charge in [0, 0.05) is 11.8 Å². The number of methoxy groups -OCH3 is 1. The van der Waals surface area contributed by atoms with Crippen molar-refractivity contribution < 1.29 is 9.53 Å². The third-order valence-corrected chi connectivity index (χ3v) is 4.54. The number of nitrogens with one attached hydrogen (secondary N) is 2. The molecule has 1 amide bonds. The summed E-state index contributed by atoms with van der Waals surface area (Å²) in [6.45, 7) is 2.61. The molecule has 0 unspecified atom stereocenters. The van der Waals surface area contributed by atoms with Gasteiger partial charge in [0.2, 0.25) is 0 Å². The Balaban J connectivity index is 1.42. The van der Waals surface area contributed by atoms with Gasteiger partial charge in [-0.05, 0) is 30.7 Å². The highest BCUT2D eigenvalue weighted by Crippen LogP contribution is 2.19. The Morgan fingerprint density at radius 3 is 2.79 bits per heavy atom. The van der Waals surface area contributed by atoms with Gasteiger partial charge in [-0.1, -0.05) is 42.0 Å². The highest BCUT2D eigenvalue weighted by molar-refractivity contribution is 6.03. The van der Waals surface area contributed by atoms with Crippen molar-refractivity contribution in [3.8, 4) is 17.0 Å². The van der Waals surface area contributed by atoms with Crippen LogP contribution in [-0.2, 0) is 6.54 Å². The molecule has 0 saturated heterocycles. The monoisotopic (exact) mass is 387 g/mol. The van der Waals surface area contributed by atoms with Crippen LogP contribution in [0.1, 0.15) is 21.6 Å². The van der Waals surface area contributed by atoms with Crippen LogP contribution in [-0.4, -0.2) is 33.0 Å². The number of benzene rings is 2. The van der Waals surface area contributed by atoms with E-state index >= 15 is 0 Å². The van der Waals surface area contributed by atoms with Gasteiger partial charge in [-0.3, -0.25) is 14.6 Å². The van der Waals surface area contributed by atoms with Gasteiger partial charge in [-0.25, -0.2) is 0 Å². The van der Waals surface area contributed by atoms with E-state index in [9.17, 15) is 4.79 Å². The van der Waals surface area contributed by atoms with Crippen LogP contribution in [0.2, 0.25) is 0 Å². The van der Waals surface area contributed by atoms with Crippen LogP contribution in [0, 0.1) is 6.92 Å². The molecule has 146 valence electrons. The Morgan fingerprint density at radius 2 is 2.00 bits per heavy atom. The Hall–Kier alpha value is -3.87. The SMILES string of the molecule is COc1cccc(Cn2cc(NC(=O)c3cc(-c4ccc(C)cc4)n[nH]3)cn2)c1. The van der Waals surface area contributed by atoms with Gasteiger partial charge in [-0.15, -0.1) is 0 Å². The number of H-pyrrole nitrogens is 1. The minimum Gasteiger partial charge on any atom is -0.497 e. The Labute approximate surface area is 168 Å². The number of hydrogen-bond donors (Lipinski definition) is 2. The average Bonchev–Trinajstić information content (AvgIpc) is 3.39. The largest absolute Gasteiger partial charge is 0.497 e. The summed E-state index contributed by atoms with van der Waals surface area (Å²) in [5.41, 5.74) is 4.92. The Morgan fingerprint density at radius 1 is 1.17 bits per heavy atom. The number of amides is 1. The van der Waals surface area contributed by atoms with Gasteiger partial charge in [0.15, 0.2) is 0 Å².